The highest BCUT2D eigenvalue weighted by molar-refractivity contribution is 5.91. The van der Waals surface area contributed by atoms with Crippen molar-refractivity contribution in [3.63, 3.8) is 0 Å². The van der Waals surface area contributed by atoms with Crippen LogP contribution in [0.5, 0.6) is 11.5 Å². The van der Waals surface area contributed by atoms with Gasteiger partial charge in [-0.1, -0.05) is 36.4 Å². The molecule has 1 N–H and O–H groups in total. The minimum absolute atomic E-state index is 0.164. The molecule has 6 heteroatoms. The predicted octanol–water partition coefficient (Wildman–Crippen LogP) is 6.25. The van der Waals surface area contributed by atoms with Gasteiger partial charge >= 0.3 is 6.03 Å². The second-order valence-corrected chi connectivity index (χ2v) is 8.75. The van der Waals surface area contributed by atoms with Crippen molar-refractivity contribution < 1.29 is 14.3 Å². The summed E-state index contributed by atoms with van der Waals surface area (Å²) in [6, 6.07) is 23.6. The highest BCUT2D eigenvalue weighted by Crippen LogP contribution is 2.40. The lowest BCUT2D eigenvalue weighted by atomic mass is 10.0. The Morgan fingerprint density at radius 1 is 0.914 bits per heavy atom. The lowest BCUT2D eigenvalue weighted by molar-refractivity contribution is 0.194. The third kappa shape index (κ3) is 4.01. The number of hydrogen-bond donors (Lipinski definition) is 1. The molecule has 0 saturated carbocycles. The number of benzene rings is 3. The molecule has 0 spiro atoms. The van der Waals surface area contributed by atoms with E-state index in [1.807, 2.05) is 79.5 Å². The molecule has 178 valence electrons. The van der Waals surface area contributed by atoms with Crippen molar-refractivity contribution in [1.29, 1.82) is 0 Å². The fourth-order valence-electron chi connectivity index (χ4n) is 4.79. The maximum Gasteiger partial charge on any atom is 0.322 e. The van der Waals surface area contributed by atoms with Gasteiger partial charge in [-0.3, -0.25) is 0 Å². The number of hydrogen-bond acceptors (Lipinski definition) is 3. The van der Waals surface area contributed by atoms with Crippen molar-refractivity contribution in [2.75, 3.05) is 19.5 Å². The van der Waals surface area contributed by atoms with Crippen LogP contribution < -0.4 is 14.8 Å². The molecule has 0 fully saturated rings. The molecule has 1 aliphatic rings. The number of urea groups is 1. The SMILES string of the molecule is COc1ccc(C2c3cccn3-c3ccccc3CN2C(=O)Nc2cccc(C)c2C)cc1OC. The molecule has 4 aromatic rings. The maximum atomic E-state index is 13.9. The molecule has 0 radical (unpaired) electrons. The van der Waals surface area contributed by atoms with Gasteiger partial charge in [0.15, 0.2) is 11.5 Å². The summed E-state index contributed by atoms with van der Waals surface area (Å²) in [6.07, 6.45) is 2.05. The van der Waals surface area contributed by atoms with E-state index in [2.05, 4.69) is 28.1 Å². The van der Waals surface area contributed by atoms with Crippen LogP contribution in [0.25, 0.3) is 5.69 Å². The quantitative estimate of drug-likeness (QED) is 0.386. The van der Waals surface area contributed by atoms with Crippen molar-refractivity contribution in [2.24, 2.45) is 0 Å². The Hall–Kier alpha value is -4.19. The van der Waals surface area contributed by atoms with Crippen LogP contribution in [-0.4, -0.2) is 29.7 Å². The number of rotatable bonds is 4. The van der Waals surface area contributed by atoms with Gasteiger partial charge in [0, 0.05) is 17.6 Å². The summed E-state index contributed by atoms with van der Waals surface area (Å²) in [7, 11) is 3.24. The summed E-state index contributed by atoms with van der Waals surface area (Å²) < 4.78 is 13.2. The summed E-state index contributed by atoms with van der Waals surface area (Å²) in [6.45, 7) is 4.53. The second kappa shape index (κ2) is 9.22. The van der Waals surface area contributed by atoms with Gasteiger partial charge < -0.3 is 24.3 Å². The molecule has 5 rings (SSSR count). The minimum atomic E-state index is -0.345. The van der Waals surface area contributed by atoms with Gasteiger partial charge in [-0.15, -0.1) is 0 Å². The first-order valence-corrected chi connectivity index (χ1v) is 11.6. The molecule has 1 aliphatic heterocycles. The highest BCUT2D eigenvalue weighted by Gasteiger charge is 2.33. The monoisotopic (exact) mass is 467 g/mol. The molecule has 2 heterocycles. The number of carbonyl (C=O) groups excluding carboxylic acids is 1. The van der Waals surface area contributed by atoms with Gasteiger partial charge in [0.25, 0.3) is 0 Å². The van der Waals surface area contributed by atoms with Crippen LogP contribution in [0.15, 0.2) is 79.0 Å². The molecule has 0 aliphatic carbocycles. The summed E-state index contributed by atoms with van der Waals surface area (Å²) in [5.74, 6) is 1.27. The van der Waals surface area contributed by atoms with Crippen LogP contribution in [0, 0.1) is 13.8 Å². The fraction of sp³-hybridized carbons (Fsp3) is 0.207. The number of para-hydroxylation sites is 1. The molecular formula is C29H29N3O3. The van der Waals surface area contributed by atoms with E-state index in [1.54, 1.807) is 14.2 Å². The average Bonchev–Trinajstić information content (AvgIpc) is 3.30. The van der Waals surface area contributed by atoms with E-state index in [0.29, 0.717) is 18.0 Å². The number of anilines is 1. The Balaban J connectivity index is 1.65. The first-order chi connectivity index (χ1) is 17.0. The number of aryl methyl sites for hydroxylation is 1. The molecule has 0 bridgehead atoms. The Kier molecular flexibility index (Phi) is 5.95. The van der Waals surface area contributed by atoms with Crippen LogP contribution in [0.1, 0.15) is 34.0 Å². The third-order valence-corrected chi connectivity index (χ3v) is 6.79. The van der Waals surface area contributed by atoms with E-state index in [9.17, 15) is 4.79 Å². The molecule has 2 amide bonds. The van der Waals surface area contributed by atoms with Crippen LogP contribution >= 0.6 is 0 Å². The van der Waals surface area contributed by atoms with Crippen LogP contribution in [0.3, 0.4) is 0 Å². The van der Waals surface area contributed by atoms with Crippen LogP contribution in [-0.2, 0) is 6.54 Å². The Morgan fingerprint density at radius 3 is 2.51 bits per heavy atom. The number of methoxy groups -OCH3 is 2. The molecule has 1 atom stereocenters. The van der Waals surface area contributed by atoms with E-state index in [0.717, 1.165) is 39.3 Å². The lowest BCUT2D eigenvalue weighted by Gasteiger charge is -2.31. The van der Waals surface area contributed by atoms with E-state index in [1.165, 1.54) is 0 Å². The van der Waals surface area contributed by atoms with Crippen molar-refractivity contribution in [2.45, 2.75) is 26.4 Å². The number of nitrogens with zero attached hydrogens (tertiary/aromatic N) is 2. The van der Waals surface area contributed by atoms with Gasteiger partial charge in [-0.05, 0) is 72.5 Å². The van der Waals surface area contributed by atoms with Gasteiger partial charge in [0.2, 0.25) is 0 Å². The molecule has 1 unspecified atom stereocenters. The van der Waals surface area contributed by atoms with Gasteiger partial charge in [-0.2, -0.15) is 0 Å². The van der Waals surface area contributed by atoms with E-state index in [4.69, 9.17) is 9.47 Å². The van der Waals surface area contributed by atoms with Gasteiger partial charge in [-0.25, -0.2) is 4.79 Å². The zero-order valence-corrected chi connectivity index (χ0v) is 20.4. The first kappa shape index (κ1) is 22.6. The van der Waals surface area contributed by atoms with E-state index >= 15 is 0 Å². The standard InChI is InChI=1S/C29H29N3O3/c1-19-9-7-11-23(20(19)2)30-29(33)32-18-22-10-5-6-12-24(22)31-16-8-13-25(31)28(32)21-14-15-26(34-3)27(17-21)35-4/h5-17,28H,18H2,1-4H3,(H,30,33). The maximum absolute atomic E-state index is 13.9. The molecule has 0 saturated heterocycles. The zero-order valence-electron chi connectivity index (χ0n) is 20.4. The Labute approximate surface area is 205 Å². The van der Waals surface area contributed by atoms with Crippen molar-refractivity contribution in [3.05, 3.63) is 107 Å². The van der Waals surface area contributed by atoms with Gasteiger partial charge in [0.1, 0.15) is 0 Å². The Morgan fingerprint density at radius 2 is 1.71 bits per heavy atom. The number of ether oxygens (including phenoxy) is 2. The molecule has 1 aromatic heterocycles. The van der Waals surface area contributed by atoms with E-state index in [-0.39, 0.29) is 12.1 Å². The number of carbonyl (C=O) groups is 1. The predicted molar refractivity (Wildman–Crippen MR) is 138 cm³/mol. The van der Waals surface area contributed by atoms with Crippen LogP contribution in [0.2, 0.25) is 0 Å². The first-order valence-electron chi connectivity index (χ1n) is 11.6. The number of nitrogens with one attached hydrogen (secondary N) is 1. The normalized spacial score (nSPS) is 14.5. The van der Waals surface area contributed by atoms with Gasteiger partial charge in [0.05, 0.1) is 32.5 Å². The second-order valence-electron chi connectivity index (χ2n) is 8.75. The van der Waals surface area contributed by atoms with Crippen molar-refractivity contribution in [1.82, 2.24) is 9.47 Å². The summed E-state index contributed by atoms with van der Waals surface area (Å²) in [5, 5.41) is 3.18. The lowest BCUT2D eigenvalue weighted by Crippen LogP contribution is -2.38. The Bertz CT molecular complexity index is 1390. The molecule has 6 nitrogen and oxygen atoms in total. The summed E-state index contributed by atoms with van der Waals surface area (Å²) in [4.78, 5) is 15.8. The largest absolute Gasteiger partial charge is 0.493 e. The number of aromatic nitrogens is 1. The third-order valence-electron chi connectivity index (χ3n) is 6.79. The van der Waals surface area contributed by atoms with Crippen LogP contribution in [0.4, 0.5) is 10.5 Å². The fourth-order valence-corrected chi connectivity index (χ4v) is 4.79. The van der Waals surface area contributed by atoms with Crippen molar-refractivity contribution in [3.8, 4) is 17.2 Å². The average molecular weight is 468 g/mol. The molecule has 3 aromatic carbocycles. The zero-order chi connectivity index (χ0) is 24.5. The molecule has 35 heavy (non-hydrogen) atoms. The number of amides is 2. The van der Waals surface area contributed by atoms with E-state index < -0.39 is 0 Å². The topological polar surface area (TPSA) is 55.7 Å². The summed E-state index contributed by atoms with van der Waals surface area (Å²) >= 11 is 0. The highest BCUT2D eigenvalue weighted by atomic mass is 16.5. The molecular weight excluding hydrogens is 438 g/mol. The minimum Gasteiger partial charge on any atom is -0.493 e. The van der Waals surface area contributed by atoms with Crippen molar-refractivity contribution >= 4 is 11.7 Å². The smallest absolute Gasteiger partial charge is 0.322 e. The summed E-state index contributed by atoms with van der Waals surface area (Å²) in [5.41, 5.74) is 7.08. The number of fused-ring (bicyclic) bond motifs is 3.